The highest BCUT2D eigenvalue weighted by atomic mass is 32.2. The van der Waals surface area contributed by atoms with E-state index in [1.807, 2.05) is 0 Å². The van der Waals surface area contributed by atoms with Gasteiger partial charge < -0.3 is 10.5 Å². The number of aliphatic imine (C=N–C) groups is 1. The zero-order valence-electron chi connectivity index (χ0n) is 19.7. The van der Waals surface area contributed by atoms with Crippen molar-refractivity contribution >= 4 is 27.9 Å². The van der Waals surface area contributed by atoms with Gasteiger partial charge in [-0.3, -0.25) is 24.5 Å². The van der Waals surface area contributed by atoms with E-state index in [0.29, 0.717) is 11.8 Å². The van der Waals surface area contributed by atoms with Crippen molar-refractivity contribution in [2.75, 3.05) is 7.11 Å². The minimum absolute atomic E-state index is 0.00228. The molecule has 0 aromatic carbocycles. The Morgan fingerprint density at radius 1 is 1.26 bits per heavy atom. The fourth-order valence-corrected chi connectivity index (χ4v) is 3.72. The third-order valence-corrected chi connectivity index (χ3v) is 5.86. The summed E-state index contributed by atoms with van der Waals surface area (Å²) in [5.74, 6) is 4.12. The largest absolute Gasteiger partial charge is 0.494 e. The van der Waals surface area contributed by atoms with Crippen LogP contribution in [-0.4, -0.2) is 37.8 Å². The minimum atomic E-state index is -2.93. The number of thioether (sulfide) groups is 1. The van der Waals surface area contributed by atoms with Gasteiger partial charge >= 0.3 is 0 Å². The Morgan fingerprint density at radius 3 is 2.71 bits per heavy atom. The first kappa shape index (κ1) is 26.6. The molecule has 1 aliphatic carbocycles. The molecule has 1 saturated carbocycles. The van der Waals surface area contributed by atoms with Gasteiger partial charge in [-0.2, -0.15) is 4.99 Å². The van der Waals surface area contributed by atoms with Crippen LogP contribution >= 0.6 is 11.8 Å². The van der Waals surface area contributed by atoms with E-state index in [-0.39, 0.29) is 44.4 Å². The van der Waals surface area contributed by atoms with Crippen molar-refractivity contribution in [1.29, 1.82) is 5.41 Å². The van der Waals surface area contributed by atoms with E-state index in [2.05, 4.69) is 26.8 Å². The molecule has 0 saturated heterocycles. The molecule has 9 nitrogen and oxygen atoms in total. The van der Waals surface area contributed by atoms with Crippen molar-refractivity contribution in [1.82, 2.24) is 14.5 Å². The molecule has 0 aliphatic heterocycles. The smallest absolute Gasteiger partial charge is 0.281 e. The van der Waals surface area contributed by atoms with Gasteiger partial charge in [0.1, 0.15) is 28.1 Å². The zero-order valence-corrected chi connectivity index (χ0v) is 20.6. The summed E-state index contributed by atoms with van der Waals surface area (Å²) in [4.78, 5) is 37.0. The predicted octanol–water partition coefficient (Wildman–Crippen LogP) is 3.96. The van der Waals surface area contributed by atoms with Crippen LogP contribution in [0.2, 0.25) is 0 Å². The zero-order chi connectivity index (χ0) is 27.4. The Labute approximate surface area is 218 Å². The molecule has 0 bridgehead atoms. The van der Waals surface area contributed by atoms with Gasteiger partial charge in [0.15, 0.2) is 5.17 Å². The third-order valence-electron chi connectivity index (χ3n) is 5.25. The molecule has 13 heteroatoms. The maximum Gasteiger partial charge on any atom is 0.281 e. The van der Waals surface area contributed by atoms with E-state index in [1.165, 1.54) is 13.2 Å². The van der Waals surface area contributed by atoms with Gasteiger partial charge in [0.2, 0.25) is 0 Å². The van der Waals surface area contributed by atoms with E-state index >= 15 is 0 Å². The van der Waals surface area contributed by atoms with Gasteiger partial charge in [0.05, 0.1) is 18.9 Å². The molecule has 0 atom stereocenters. The van der Waals surface area contributed by atoms with E-state index in [0.717, 1.165) is 54.2 Å². The molecule has 38 heavy (non-hydrogen) atoms. The predicted molar refractivity (Wildman–Crippen MR) is 136 cm³/mol. The maximum absolute atomic E-state index is 13.9. The lowest BCUT2D eigenvalue weighted by Gasteiger charge is -2.14. The van der Waals surface area contributed by atoms with Gasteiger partial charge in [-0.05, 0) is 48.7 Å². The lowest BCUT2D eigenvalue weighted by atomic mass is 10.00. The quantitative estimate of drug-likeness (QED) is 0.284. The summed E-state index contributed by atoms with van der Waals surface area (Å²) in [5, 5.41) is 7.53. The number of rotatable bonds is 5. The first-order valence-electron chi connectivity index (χ1n) is 11.0. The van der Waals surface area contributed by atoms with Crippen molar-refractivity contribution in [3.8, 4) is 34.5 Å². The highest BCUT2D eigenvalue weighted by molar-refractivity contribution is 8.26. The number of amidine groups is 1. The molecule has 1 fully saturated rings. The topological polar surface area (TPSA) is 136 Å². The number of hydrogen-bond acceptors (Lipinski definition) is 7. The summed E-state index contributed by atoms with van der Waals surface area (Å²) in [6.45, 7) is 0. The average Bonchev–Trinajstić information content (AvgIpc) is 3.72. The van der Waals surface area contributed by atoms with Gasteiger partial charge in [-0.15, -0.1) is 0 Å². The van der Waals surface area contributed by atoms with Crippen molar-refractivity contribution < 1.29 is 22.7 Å². The second-order valence-corrected chi connectivity index (χ2v) is 9.01. The summed E-state index contributed by atoms with van der Waals surface area (Å²) in [7, 11) is 1.28. The SMILES string of the molecule is COc1cnc(C(F)F)cc1-c1cc(-n2cc(F)ccc2=O)ncc1C(=O)N=C(N)SC(=N)C#CC1CC1. The molecule has 1 amide bonds. The van der Waals surface area contributed by atoms with Crippen LogP contribution in [0.5, 0.6) is 5.75 Å². The number of hydrogen-bond donors (Lipinski definition) is 2. The molecule has 194 valence electrons. The number of nitrogens with zero attached hydrogens (tertiary/aromatic N) is 4. The lowest BCUT2D eigenvalue weighted by Crippen LogP contribution is -2.19. The van der Waals surface area contributed by atoms with Crippen LogP contribution in [0.3, 0.4) is 0 Å². The van der Waals surface area contributed by atoms with Crippen molar-refractivity contribution in [3.63, 3.8) is 0 Å². The highest BCUT2D eigenvalue weighted by Gasteiger charge is 2.22. The van der Waals surface area contributed by atoms with Crippen LogP contribution in [0.1, 0.15) is 35.3 Å². The summed E-state index contributed by atoms with van der Waals surface area (Å²) in [5.41, 5.74) is 4.48. The number of pyridine rings is 3. The summed E-state index contributed by atoms with van der Waals surface area (Å²) < 4.78 is 47.0. The number of carbonyl (C=O) groups is 1. The average molecular weight is 541 g/mol. The van der Waals surface area contributed by atoms with Crippen LogP contribution in [0, 0.1) is 29.0 Å². The number of nitrogens with two attached hydrogens (primary N) is 1. The maximum atomic E-state index is 13.9. The molecule has 3 N–H and O–H groups in total. The van der Waals surface area contributed by atoms with Crippen LogP contribution < -0.4 is 16.0 Å². The number of aromatic nitrogens is 3. The standard InChI is InChI=1S/C25H19F3N6O3S/c1-37-19-11-31-18(23(27)28)8-16(19)15-9-21(34-12-14(26)5-7-22(34)35)32-10-17(15)24(36)33-25(30)38-20(29)6-4-13-2-3-13/h5,7-13,23,29H,2-3H2,1H3,(H2,30,33,36). The highest BCUT2D eigenvalue weighted by Crippen LogP contribution is 2.35. The molecular formula is C25H19F3N6O3S. The van der Waals surface area contributed by atoms with Gasteiger partial charge in [-0.25, -0.2) is 18.2 Å². The second kappa shape index (κ2) is 11.3. The first-order valence-corrected chi connectivity index (χ1v) is 11.9. The Hall–Kier alpha value is -4.44. The minimum Gasteiger partial charge on any atom is -0.494 e. The number of amides is 1. The van der Waals surface area contributed by atoms with Gasteiger partial charge in [-0.1, -0.05) is 5.92 Å². The summed E-state index contributed by atoms with van der Waals surface area (Å²) >= 11 is 0.687. The Kier molecular flexibility index (Phi) is 7.92. The fraction of sp³-hybridized carbons (Fsp3) is 0.200. The monoisotopic (exact) mass is 540 g/mol. The number of halogens is 3. The van der Waals surface area contributed by atoms with Crippen LogP contribution in [0.4, 0.5) is 13.2 Å². The molecule has 0 spiro atoms. The van der Waals surface area contributed by atoms with E-state index in [9.17, 15) is 22.8 Å². The molecular weight excluding hydrogens is 521 g/mol. The lowest BCUT2D eigenvalue weighted by molar-refractivity contribution is 0.100. The van der Waals surface area contributed by atoms with E-state index in [4.69, 9.17) is 15.9 Å². The van der Waals surface area contributed by atoms with E-state index < -0.39 is 29.4 Å². The molecule has 0 radical (unpaired) electrons. The van der Waals surface area contributed by atoms with Crippen LogP contribution in [0.15, 0.2) is 52.6 Å². The van der Waals surface area contributed by atoms with Crippen LogP contribution in [-0.2, 0) is 0 Å². The Bertz CT molecular complexity index is 1570. The van der Waals surface area contributed by atoms with Gasteiger partial charge in [0, 0.05) is 35.5 Å². The Morgan fingerprint density at radius 2 is 2.03 bits per heavy atom. The number of alkyl halides is 2. The number of nitrogens with one attached hydrogen (secondary N) is 1. The van der Waals surface area contributed by atoms with E-state index in [1.54, 1.807) is 0 Å². The van der Waals surface area contributed by atoms with Gasteiger partial charge in [0.25, 0.3) is 17.9 Å². The Balaban J connectivity index is 1.81. The molecule has 1 aliphatic rings. The normalized spacial score (nSPS) is 13.1. The van der Waals surface area contributed by atoms with Crippen molar-refractivity contribution in [2.24, 2.45) is 16.6 Å². The van der Waals surface area contributed by atoms with Crippen molar-refractivity contribution in [2.45, 2.75) is 19.3 Å². The molecule has 3 aromatic heterocycles. The molecule has 3 heterocycles. The third kappa shape index (κ3) is 6.27. The van der Waals surface area contributed by atoms with Crippen LogP contribution in [0.25, 0.3) is 16.9 Å². The first-order chi connectivity index (χ1) is 18.2. The second-order valence-electron chi connectivity index (χ2n) is 7.98. The molecule has 3 aromatic rings. The fourth-order valence-electron chi connectivity index (χ4n) is 3.27. The summed E-state index contributed by atoms with van der Waals surface area (Å²) in [6, 6.07) is 4.23. The number of methoxy groups -OCH3 is 1. The molecule has 4 rings (SSSR count). The number of carbonyl (C=O) groups excluding carboxylic acids is 1. The summed E-state index contributed by atoms with van der Waals surface area (Å²) in [6.07, 6.45) is 2.04. The van der Waals surface area contributed by atoms with Crippen molar-refractivity contribution in [3.05, 3.63) is 70.3 Å². The number of ether oxygens (including phenoxy) is 1. The molecule has 0 unspecified atom stereocenters.